The van der Waals surface area contributed by atoms with E-state index in [1.807, 2.05) is 6.07 Å². The largest absolute Gasteiger partial charge is 0.495 e. The molecule has 0 fully saturated rings. The van der Waals surface area contributed by atoms with Crippen molar-refractivity contribution < 1.29 is 9.13 Å². The van der Waals surface area contributed by atoms with Crippen molar-refractivity contribution in [3.8, 4) is 11.8 Å². The van der Waals surface area contributed by atoms with Crippen LogP contribution in [0.2, 0.25) is 0 Å². The van der Waals surface area contributed by atoms with Crippen LogP contribution in [0.5, 0.6) is 5.75 Å². The molecule has 1 aromatic carbocycles. The molecule has 0 saturated heterocycles. The molecule has 0 amide bonds. The topological polar surface area (TPSA) is 33.0 Å². The molecule has 4 heteroatoms. The second-order valence-electron chi connectivity index (χ2n) is 2.08. The van der Waals surface area contributed by atoms with Gasteiger partial charge >= 0.3 is 0 Å². The van der Waals surface area contributed by atoms with Gasteiger partial charge in [-0.15, -0.1) is 0 Å². The summed E-state index contributed by atoms with van der Waals surface area (Å²) in [6, 6.07) is 4.45. The maximum atomic E-state index is 12.8. The highest BCUT2D eigenvalue weighted by molar-refractivity contribution is 9.10. The molecule has 0 atom stereocenters. The second-order valence-corrected chi connectivity index (χ2v) is 2.93. The standard InChI is InChI=1S/C8H5BrFNO/c1-12-8-3-7(10)6(9)2-5(8)4-11/h2-3H,1H3. The highest BCUT2D eigenvalue weighted by Gasteiger charge is 2.07. The lowest BCUT2D eigenvalue weighted by Gasteiger charge is -2.02. The van der Waals surface area contributed by atoms with Gasteiger partial charge in [0, 0.05) is 6.07 Å². The Bertz CT molecular complexity index is 346. The van der Waals surface area contributed by atoms with Crippen LogP contribution >= 0.6 is 15.9 Å². The number of ether oxygens (including phenoxy) is 1. The van der Waals surface area contributed by atoms with E-state index in [9.17, 15) is 4.39 Å². The van der Waals surface area contributed by atoms with Crippen molar-refractivity contribution in [2.45, 2.75) is 0 Å². The lowest BCUT2D eigenvalue weighted by Crippen LogP contribution is -1.89. The van der Waals surface area contributed by atoms with Gasteiger partial charge in [-0.2, -0.15) is 5.26 Å². The van der Waals surface area contributed by atoms with E-state index in [0.29, 0.717) is 5.56 Å². The van der Waals surface area contributed by atoms with Crippen molar-refractivity contribution in [1.82, 2.24) is 0 Å². The van der Waals surface area contributed by atoms with Crippen molar-refractivity contribution in [2.75, 3.05) is 7.11 Å². The maximum Gasteiger partial charge on any atom is 0.141 e. The molecule has 0 saturated carbocycles. The Morgan fingerprint density at radius 3 is 2.75 bits per heavy atom. The monoisotopic (exact) mass is 229 g/mol. The fraction of sp³-hybridized carbons (Fsp3) is 0.125. The van der Waals surface area contributed by atoms with Crippen molar-refractivity contribution in [2.24, 2.45) is 0 Å². The van der Waals surface area contributed by atoms with Gasteiger partial charge in [0.1, 0.15) is 17.6 Å². The number of nitriles is 1. The molecular weight excluding hydrogens is 225 g/mol. The zero-order valence-corrected chi connectivity index (χ0v) is 7.85. The molecule has 0 bridgehead atoms. The predicted molar refractivity (Wildman–Crippen MR) is 45.4 cm³/mol. The lowest BCUT2D eigenvalue weighted by molar-refractivity contribution is 0.409. The summed E-state index contributed by atoms with van der Waals surface area (Å²) < 4.78 is 17.9. The Kier molecular flexibility index (Phi) is 2.66. The fourth-order valence-corrected chi connectivity index (χ4v) is 1.13. The number of rotatable bonds is 1. The molecule has 0 heterocycles. The summed E-state index contributed by atoms with van der Waals surface area (Å²) >= 11 is 2.97. The van der Waals surface area contributed by atoms with Gasteiger partial charge in [0.25, 0.3) is 0 Å². The third kappa shape index (κ3) is 1.56. The fourth-order valence-electron chi connectivity index (χ4n) is 0.785. The molecule has 0 aliphatic carbocycles. The van der Waals surface area contributed by atoms with E-state index in [-0.39, 0.29) is 10.2 Å². The average Bonchev–Trinajstić information content (AvgIpc) is 2.09. The molecule has 0 N–H and O–H groups in total. The van der Waals surface area contributed by atoms with Crippen LogP contribution < -0.4 is 4.74 Å². The van der Waals surface area contributed by atoms with Gasteiger partial charge in [-0.3, -0.25) is 0 Å². The van der Waals surface area contributed by atoms with Gasteiger partial charge in [-0.05, 0) is 22.0 Å². The summed E-state index contributed by atoms with van der Waals surface area (Å²) in [5.41, 5.74) is 0.311. The van der Waals surface area contributed by atoms with E-state index in [1.54, 1.807) is 0 Å². The van der Waals surface area contributed by atoms with Crippen molar-refractivity contribution in [3.63, 3.8) is 0 Å². The Balaban J connectivity index is 3.31. The minimum atomic E-state index is -0.439. The van der Waals surface area contributed by atoms with Gasteiger partial charge in [0.05, 0.1) is 17.1 Å². The van der Waals surface area contributed by atoms with Crippen molar-refractivity contribution in [1.29, 1.82) is 5.26 Å². The molecule has 62 valence electrons. The first-order valence-corrected chi connectivity index (χ1v) is 3.91. The minimum absolute atomic E-state index is 0.248. The number of methoxy groups -OCH3 is 1. The third-order valence-corrected chi connectivity index (χ3v) is 1.97. The highest BCUT2D eigenvalue weighted by Crippen LogP contribution is 2.25. The molecule has 0 unspecified atom stereocenters. The number of halogens is 2. The number of nitrogens with zero attached hydrogens (tertiary/aromatic N) is 1. The van der Waals surface area contributed by atoms with Crippen LogP contribution in [-0.2, 0) is 0 Å². The number of hydrogen-bond acceptors (Lipinski definition) is 2. The first-order valence-electron chi connectivity index (χ1n) is 3.12. The zero-order valence-electron chi connectivity index (χ0n) is 6.27. The van der Waals surface area contributed by atoms with Gasteiger partial charge in [-0.1, -0.05) is 0 Å². The summed E-state index contributed by atoms with van der Waals surface area (Å²) in [6.45, 7) is 0. The van der Waals surface area contributed by atoms with Crippen LogP contribution in [0.1, 0.15) is 5.56 Å². The maximum absolute atomic E-state index is 12.8. The normalized spacial score (nSPS) is 9.17. The second kappa shape index (κ2) is 3.55. The molecule has 1 rings (SSSR count). The first-order chi connectivity index (χ1) is 5.69. The molecular formula is C8H5BrFNO. The van der Waals surface area contributed by atoms with Crippen molar-refractivity contribution >= 4 is 15.9 Å². The summed E-state index contributed by atoms with van der Waals surface area (Å²) in [5, 5.41) is 8.59. The van der Waals surface area contributed by atoms with E-state index in [0.717, 1.165) is 0 Å². The molecule has 0 aliphatic rings. The SMILES string of the molecule is COc1cc(F)c(Br)cc1C#N. The summed E-state index contributed by atoms with van der Waals surface area (Å²) in [7, 11) is 1.39. The number of hydrogen-bond donors (Lipinski definition) is 0. The average molecular weight is 230 g/mol. The predicted octanol–water partition coefficient (Wildman–Crippen LogP) is 2.47. The van der Waals surface area contributed by atoms with Crippen LogP contribution in [0, 0.1) is 17.1 Å². The Labute approximate surface area is 77.7 Å². The van der Waals surface area contributed by atoms with Crippen LogP contribution in [0.25, 0.3) is 0 Å². The third-order valence-electron chi connectivity index (χ3n) is 1.36. The van der Waals surface area contributed by atoms with Gasteiger partial charge in [0.15, 0.2) is 0 Å². The van der Waals surface area contributed by atoms with Gasteiger partial charge in [0.2, 0.25) is 0 Å². The number of benzene rings is 1. The molecule has 0 radical (unpaired) electrons. The van der Waals surface area contributed by atoms with Crippen LogP contribution in [0.15, 0.2) is 16.6 Å². The molecule has 12 heavy (non-hydrogen) atoms. The van der Waals surface area contributed by atoms with E-state index in [1.165, 1.54) is 19.2 Å². The highest BCUT2D eigenvalue weighted by atomic mass is 79.9. The first kappa shape index (κ1) is 9.01. The van der Waals surface area contributed by atoms with Gasteiger partial charge in [-0.25, -0.2) is 4.39 Å². The van der Waals surface area contributed by atoms with Crippen LogP contribution in [-0.4, -0.2) is 7.11 Å². The van der Waals surface area contributed by atoms with Gasteiger partial charge < -0.3 is 4.74 Å². The lowest BCUT2D eigenvalue weighted by atomic mass is 10.2. The molecule has 0 aromatic heterocycles. The van der Waals surface area contributed by atoms with Crippen LogP contribution in [0.3, 0.4) is 0 Å². The Morgan fingerprint density at radius 2 is 2.25 bits per heavy atom. The Morgan fingerprint density at radius 1 is 1.58 bits per heavy atom. The summed E-state index contributed by atoms with van der Waals surface area (Å²) in [4.78, 5) is 0. The van der Waals surface area contributed by atoms with E-state index in [2.05, 4.69) is 15.9 Å². The van der Waals surface area contributed by atoms with E-state index < -0.39 is 5.82 Å². The van der Waals surface area contributed by atoms with E-state index in [4.69, 9.17) is 10.00 Å². The van der Waals surface area contributed by atoms with E-state index >= 15 is 0 Å². The minimum Gasteiger partial charge on any atom is -0.495 e. The smallest absolute Gasteiger partial charge is 0.141 e. The zero-order chi connectivity index (χ0) is 9.14. The Hall–Kier alpha value is -1.08. The quantitative estimate of drug-likeness (QED) is 0.742. The van der Waals surface area contributed by atoms with Crippen LogP contribution in [0.4, 0.5) is 4.39 Å². The molecule has 0 aliphatic heterocycles. The molecule has 0 spiro atoms. The molecule has 1 aromatic rings. The summed E-state index contributed by atoms with van der Waals surface area (Å²) in [6.07, 6.45) is 0. The molecule has 2 nitrogen and oxygen atoms in total. The summed E-state index contributed by atoms with van der Waals surface area (Å²) in [5.74, 6) is -0.191. The van der Waals surface area contributed by atoms with Crippen molar-refractivity contribution in [3.05, 3.63) is 28.0 Å².